The Hall–Kier alpha value is -3.16. The lowest BCUT2D eigenvalue weighted by Gasteiger charge is -2.18. The van der Waals surface area contributed by atoms with Gasteiger partial charge in [-0.25, -0.2) is 4.98 Å². The number of para-hydroxylation sites is 1. The number of imidazole rings is 1. The molecular formula is C22H17ClN4O2S. The molecule has 4 aromatic rings. The largest absolute Gasteiger partial charge is 0.326 e. The van der Waals surface area contributed by atoms with Gasteiger partial charge in [-0.2, -0.15) is 0 Å². The van der Waals surface area contributed by atoms with Crippen LogP contribution in [0.15, 0.2) is 66.3 Å². The van der Waals surface area contributed by atoms with Crippen LogP contribution in [0.3, 0.4) is 0 Å². The van der Waals surface area contributed by atoms with Gasteiger partial charge in [-0.05, 0) is 24.3 Å². The van der Waals surface area contributed by atoms with Gasteiger partial charge in [0.05, 0.1) is 22.3 Å². The molecule has 0 aliphatic carbocycles. The number of rotatable bonds is 4. The lowest BCUT2D eigenvalue weighted by atomic mass is 10.1. The Labute approximate surface area is 181 Å². The number of anilines is 2. The van der Waals surface area contributed by atoms with Gasteiger partial charge in [0.2, 0.25) is 11.8 Å². The van der Waals surface area contributed by atoms with Gasteiger partial charge in [0.1, 0.15) is 0 Å². The van der Waals surface area contributed by atoms with E-state index in [0.29, 0.717) is 22.9 Å². The first-order valence-electron chi connectivity index (χ1n) is 9.47. The number of hydrogen-bond donors (Lipinski definition) is 1. The molecule has 1 atom stereocenters. The van der Waals surface area contributed by atoms with Crippen molar-refractivity contribution < 1.29 is 9.59 Å². The standard InChI is InChI=1S/C22H17ClN4O2S/c23-17-3-1-2-4-19(17)27-12-15(11-20(27)28)21(29)24-16-7-5-14(6-8-16)18-13-26-9-10-30-22(26)25-18/h1-10,13,15H,11-12H2,(H,24,29). The zero-order chi connectivity index (χ0) is 20.7. The summed E-state index contributed by atoms with van der Waals surface area (Å²) in [6, 6.07) is 14.7. The molecular weight excluding hydrogens is 420 g/mol. The van der Waals surface area contributed by atoms with Crippen LogP contribution < -0.4 is 10.2 Å². The number of benzene rings is 2. The molecule has 3 heterocycles. The Kier molecular flexibility index (Phi) is 4.77. The van der Waals surface area contributed by atoms with Crippen LogP contribution in [-0.4, -0.2) is 27.7 Å². The SMILES string of the molecule is O=C(Nc1ccc(-c2cn3ccsc3n2)cc1)C1CC(=O)N(c2ccccc2Cl)C1. The van der Waals surface area contributed by atoms with E-state index in [0.717, 1.165) is 16.2 Å². The number of thiazole rings is 1. The Balaban J connectivity index is 1.27. The predicted octanol–water partition coefficient (Wildman–Crippen LogP) is 4.71. The lowest BCUT2D eigenvalue weighted by molar-refractivity contribution is -0.122. The number of fused-ring (bicyclic) bond motifs is 1. The maximum Gasteiger partial charge on any atom is 0.229 e. The van der Waals surface area contributed by atoms with E-state index in [4.69, 9.17) is 11.6 Å². The van der Waals surface area contributed by atoms with Gasteiger partial charge >= 0.3 is 0 Å². The maximum atomic E-state index is 12.7. The minimum atomic E-state index is -0.423. The second kappa shape index (κ2) is 7.59. The summed E-state index contributed by atoms with van der Waals surface area (Å²) in [7, 11) is 0. The van der Waals surface area contributed by atoms with Crippen molar-refractivity contribution >= 4 is 51.1 Å². The molecule has 0 radical (unpaired) electrons. The third-order valence-electron chi connectivity index (χ3n) is 5.18. The normalized spacial score (nSPS) is 16.4. The second-order valence-corrected chi connectivity index (χ2v) is 8.42. The van der Waals surface area contributed by atoms with Crippen LogP contribution in [0.2, 0.25) is 5.02 Å². The molecule has 6 nitrogen and oxygen atoms in total. The third-order valence-corrected chi connectivity index (χ3v) is 6.27. The van der Waals surface area contributed by atoms with Crippen molar-refractivity contribution in [3.63, 3.8) is 0 Å². The summed E-state index contributed by atoms with van der Waals surface area (Å²) in [6.45, 7) is 0.317. The first-order valence-corrected chi connectivity index (χ1v) is 10.7. The molecule has 1 unspecified atom stereocenters. The first kappa shape index (κ1) is 18.8. The number of nitrogens with one attached hydrogen (secondary N) is 1. The fourth-order valence-electron chi connectivity index (χ4n) is 3.62. The summed E-state index contributed by atoms with van der Waals surface area (Å²) in [6.07, 6.45) is 4.12. The summed E-state index contributed by atoms with van der Waals surface area (Å²) in [4.78, 5) is 32.3. The average molecular weight is 437 g/mol. The highest BCUT2D eigenvalue weighted by molar-refractivity contribution is 7.15. The van der Waals surface area contributed by atoms with Crippen molar-refractivity contribution in [1.29, 1.82) is 0 Å². The molecule has 0 spiro atoms. The van der Waals surface area contributed by atoms with E-state index >= 15 is 0 Å². The fraction of sp³-hybridized carbons (Fsp3) is 0.136. The Morgan fingerprint density at radius 2 is 1.97 bits per heavy atom. The molecule has 2 aromatic heterocycles. The third kappa shape index (κ3) is 3.46. The van der Waals surface area contributed by atoms with Crippen LogP contribution in [0.25, 0.3) is 16.2 Å². The van der Waals surface area contributed by atoms with Crippen LogP contribution in [0, 0.1) is 5.92 Å². The molecule has 1 aliphatic heterocycles. The number of carbonyl (C=O) groups excluding carboxylic acids is 2. The van der Waals surface area contributed by atoms with Crippen LogP contribution in [0.4, 0.5) is 11.4 Å². The van der Waals surface area contributed by atoms with Gasteiger partial charge < -0.3 is 10.2 Å². The summed E-state index contributed by atoms with van der Waals surface area (Å²) in [5, 5.41) is 5.41. The van der Waals surface area contributed by atoms with E-state index in [1.54, 1.807) is 28.4 Å². The molecule has 8 heteroatoms. The summed E-state index contributed by atoms with van der Waals surface area (Å²) >= 11 is 7.79. The summed E-state index contributed by atoms with van der Waals surface area (Å²) < 4.78 is 1.98. The fourth-order valence-corrected chi connectivity index (χ4v) is 4.56. The maximum absolute atomic E-state index is 12.7. The van der Waals surface area contributed by atoms with Gasteiger partial charge in [-0.1, -0.05) is 35.9 Å². The topological polar surface area (TPSA) is 66.7 Å². The molecule has 5 rings (SSSR count). The number of aromatic nitrogens is 2. The van der Waals surface area contributed by atoms with Gasteiger partial charge in [0.25, 0.3) is 0 Å². The molecule has 1 saturated heterocycles. The van der Waals surface area contributed by atoms with E-state index in [1.165, 1.54) is 0 Å². The molecule has 1 aliphatic rings. The van der Waals surface area contributed by atoms with E-state index in [9.17, 15) is 9.59 Å². The highest BCUT2D eigenvalue weighted by Crippen LogP contribution is 2.31. The van der Waals surface area contributed by atoms with Gasteiger partial charge in [0.15, 0.2) is 4.96 Å². The summed E-state index contributed by atoms with van der Waals surface area (Å²) in [5.74, 6) is -0.695. The minimum Gasteiger partial charge on any atom is -0.326 e. The Morgan fingerprint density at radius 3 is 2.73 bits per heavy atom. The minimum absolute atomic E-state index is 0.0988. The zero-order valence-electron chi connectivity index (χ0n) is 15.8. The summed E-state index contributed by atoms with van der Waals surface area (Å²) in [5.41, 5.74) is 3.19. The molecule has 1 N–H and O–H groups in total. The van der Waals surface area contributed by atoms with E-state index in [-0.39, 0.29) is 18.2 Å². The van der Waals surface area contributed by atoms with Gasteiger partial charge in [-0.15, -0.1) is 11.3 Å². The molecule has 30 heavy (non-hydrogen) atoms. The van der Waals surface area contributed by atoms with Gasteiger partial charge in [0, 0.05) is 42.0 Å². The number of amides is 2. The van der Waals surface area contributed by atoms with Crippen molar-refractivity contribution in [3.8, 4) is 11.3 Å². The Morgan fingerprint density at radius 1 is 1.17 bits per heavy atom. The molecule has 1 fully saturated rings. The first-order chi connectivity index (χ1) is 14.6. The van der Waals surface area contributed by atoms with E-state index in [2.05, 4.69) is 10.3 Å². The van der Waals surface area contributed by atoms with Crippen LogP contribution >= 0.6 is 22.9 Å². The van der Waals surface area contributed by atoms with E-state index < -0.39 is 5.92 Å². The van der Waals surface area contributed by atoms with Gasteiger partial charge in [-0.3, -0.25) is 14.0 Å². The van der Waals surface area contributed by atoms with Crippen molar-refractivity contribution in [1.82, 2.24) is 9.38 Å². The number of nitrogens with zero attached hydrogens (tertiary/aromatic N) is 3. The number of carbonyl (C=O) groups is 2. The quantitative estimate of drug-likeness (QED) is 0.504. The second-order valence-electron chi connectivity index (χ2n) is 7.14. The van der Waals surface area contributed by atoms with Crippen LogP contribution in [0.1, 0.15) is 6.42 Å². The molecule has 150 valence electrons. The highest BCUT2D eigenvalue weighted by atomic mass is 35.5. The highest BCUT2D eigenvalue weighted by Gasteiger charge is 2.35. The van der Waals surface area contributed by atoms with Crippen molar-refractivity contribution in [3.05, 3.63) is 71.3 Å². The molecule has 2 aromatic carbocycles. The molecule has 0 saturated carbocycles. The zero-order valence-corrected chi connectivity index (χ0v) is 17.4. The smallest absolute Gasteiger partial charge is 0.229 e. The van der Waals surface area contributed by atoms with Crippen molar-refractivity contribution in [2.24, 2.45) is 5.92 Å². The van der Waals surface area contributed by atoms with Crippen molar-refractivity contribution in [2.75, 3.05) is 16.8 Å². The lowest BCUT2D eigenvalue weighted by Crippen LogP contribution is -2.28. The monoisotopic (exact) mass is 436 g/mol. The number of halogens is 1. The number of hydrogen-bond acceptors (Lipinski definition) is 4. The Bertz CT molecular complexity index is 1220. The molecule has 2 amide bonds. The van der Waals surface area contributed by atoms with Crippen molar-refractivity contribution in [2.45, 2.75) is 6.42 Å². The predicted molar refractivity (Wildman–Crippen MR) is 119 cm³/mol. The average Bonchev–Trinajstić information content (AvgIpc) is 3.44. The van der Waals surface area contributed by atoms with Crippen LogP contribution in [-0.2, 0) is 9.59 Å². The van der Waals surface area contributed by atoms with Crippen LogP contribution in [0.5, 0.6) is 0 Å². The molecule has 0 bridgehead atoms. The van der Waals surface area contributed by atoms with E-state index in [1.807, 2.05) is 58.6 Å².